The van der Waals surface area contributed by atoms with Crippen molar-refractivity contribution in [2.45, 2.75) is 45.8 Å². The second-order valence-electron chi connectivity index (χ2n) is 8.94. The van der Waals surface area contributed by atoms with Crippen molar-refractivity contribution in [2.24, 2.45) is 0 Å². The van der Waals surface area contributed by atoms with Gasteiger partial charge in [-0.15, -0.1) is 0 Å². The summed E-state index contributed by atoms with van der Waals surface area (Å²) in [5.74, 6) is 0.296. The van der Waals surface area contributed by atoms with E-state index in [-0.39, 0.29) is 23.7 Å². The van der Waals surface area contributed by atoms with E-state index in [0.29, 0.717) is 25.7 Å². The van der Waals surface area contributed by atoms with Gasteiger partial charge in [0, 0.05) is 57.5 Å². The molecule has 3 rings (SSSR count). The number of amides is 1. The number of benzene rings is 2. The van der Waals surface area contributed by atoms with Gasteiger partial charge < -0.3 is 14.7 Å². The average molecular weight is 454 g/mol. The van der Waals surface area contributed by atoms with Crippen LogP contribution >= 0.6 is 0 Å². The van der Waals surface area contributed by atoms with Crippen LogP contribution in [-0.4, -0.2) is 84.2 Å². The van der Waals surface area contributed by atoms with Crippen molar-refractivity contribution < 1.29 is 14.6 Å². The Labute approximate surface area is 198 Å². The molecule has 0 aromatic heterocycles. The van der Waals surface area contributed by atoms with E-state index in [1.807, 2.05) is 49.1 Å². The van der Waals surface area contributed by atoms with E-state index in [4.69, 9.17) is 4.74 Å². The van der Waals surface area contributed by atoms with E-state index in [1.165, 1.54) is 0 Å². The van der Waals surface area contributed by atoms with Crippen molar-refractivity contribution in [3.05, 3.63) is 65.2 Å². The van der Waals surface area contributed by atoms with Crippen molar-refractivity contribution >= 4 is 5.91 Å². The number of hydrogen-bond donors (Lipinski definition) is 1. The summed E-state index contributed by atoms with van der Waals surface area (Å²) < 4.78 is 5.31. The second-order valence-corrected chi connectivity index (χ2v) is 8.94. The fourth-order valence-electron chi connectivity index (χ4n) is 4.96. The van der Waals surface area contributed by atoms with Gasteiger partial charge >= 0.3 is 0 Å². The summed E-state index contributed by atoms with van der Waals surface area (Å²) in [7, 11) is 1.74. The Kier molecular flexibility index (Phi) is 8.89. The van der Waals surface area contributed by atoms with Crippen molar-refractivity contribution in [3.8, 4) is 5.75 Å². The molecule has 0 unspecified atom stereocenters. The lowest BCUT2D eigenvalue weighted by atomic mass is 9.90. The predicted octanol–water partition coefficient (Wildman–Crippen LogP) is 4.00. The first-order valence-electron chi connectivity index (χ1n) is 12.1. The van der Waals surface area contributed by atoms with Gasteiger partial charge in [0.25, 0.3) is 5.91 Å². The average Bonchev–Trinajstić information content (AvgIpc) is 2.81. The molecule has 0 spiro atoms. The zero-order chi connectivity index (χ0) is 24.0. The molecule has 180 valence electrons. The number of carbonyl (C=O) groups excluding carboxylic acids is 1. The van der Waals surface area contributed by atoms with Gasteiger partial charge in [-0.25, -0.2) is 0 Å². The highest BCUT2D eigenvalue weighted by molar-refractivity contribution is 5.96. The number of phenolic OH excluding ortho intramolecular Hbond substituents is 1. The van der Waals surface area contributed by atoms with Crippen molar-refractivity contribution in [2.75, 3.05) is 46.4 Å². The smallest absolute Gasteiger partial charge is 0.254 e. The van der Waals surface area contributed by atoms with Gasteiger partial charge in [0.1, 0.15) is 5.75 Å². The number of phenols is 1. The van der Waals surface area contributed by atoms with Gasteiger partial charge in [-0.3, -0.25) is 14.6 Å². The molecule has 0 bridgehead atoms. The molecule has 6 nitrogen and oxygen atoms in total. The lowest BCUT2D eigenvalue weighted by molar-refractivity contribution is 0.0114. The molecular formula is C27H39N3O3. The summed E-state index contributed by atoms with van der Waals surface area (Å²) in [5.41, 5.74) is 2.72. The zero-order valence-corrected chi connectivity index (χ0v) is 20.7. The molecule has 1 fully saturated rings. The lowest BCUT2D eigenvalue weighted by Gasteiger charge is -2.48. The second kappa shape index (κ2) is 11.6. The normalized spacial score (nSPS) is 20.5. The molecule has 1 aliphatic rings. The molecule has 0 radical (unpaired) electrons. The molecule has 2 aromatic rings. The number of methoxy groups -OCH3 is 1. The van der Waals surface area contributed by atoms with Gasteiger partial charge in [0.15, 0.2) is 0 Å². The summed E-state index contributed by atoms with van der Waals surface area (Å²) in [4.78, 5) is 20.3. The number of nitrogens with zero attached hydrogens (tertiary/aromatic N) is 3. The highest BCUT2D eigenvalue weighted by Gasteiger charge is 2.36. The Balaban J connectivity index is 2.06. The van der Waals surface area contributed by atoms with Crippen LogP contribution in [-0.2, 0) is 4.74 Å². The van der Waals surface area contributed by atoms with E-state index in [1.54, 1.807) is 13.2 Å². The fraction of sp³-hybridized carbons (Fsp3) is 0.519. The molecule has 0 aliphatic carbocycles. The number of ether oxygens (including phenoxy) is 1. The number of aromatic hydroxyl groups is 1. The molecule has 1 amide bonds. The molecule has 33 heavy (non-hydrogen) atoms. The summed E-state index contributed by atoms with van der Waals surface area (Å²) in [6.45, 7) is 13.3. The van der Waals surface area contributed by atoms with Gasteiger partial charge in [-0.05, 0) is 57.0 Å². The Hall–Kier alpha value is -2.41. The minimum atomic E-state index is -0.130. The molecule has 1 N–H and O–H groups in total. The van der Waals surface area contributed by atoms with Crippen molar-refractivity contribution in [3.63, 3.8) is 0 Å². The molecule has 6 heteroatoms. The SMILES string of the molecule is CCN(CC)C(=O)c1ccccc1[C@@H](c1cccc(O)c1)N1C[C@@H](C)N(CCOC)C[C@@H]1C. The van der Waals surface area contributed by atoms with E-state index in [9.17, 15) is 9.90 Å². The van der Waals surface area contributed by atoms with Crippen LogP contribution in [0.15, 0.2) is 48.5 Å². The minimum Gasteiger partial charge on any atom is -0.508 e. The highest BCUT2D eigenvalue weighted by atomic mass is 16.5. The standard InChI is InChI=1S/C27H39N3O3/c1-6-28(7-2)27(32)25-14-9-8-13-24(25)26(22-11-10-12-23(31)17-22)30-19-20(3)29(15-16-33-5)18-21(30)4/h8-14,17,20-21,26,31H,6-7,15-16,18-19H2,1-5H3/t20-,21+,26-/m1/s1. The Morgan fingerprint density at radius 1 is 1.09 bits per heavy atom. The molecular weight excluding hydrogens is 414 g/mol. The predicted molar refractivity (Wildman–Crippen MR) is 133 cm³/mol. The third-order valence-corrected chi connectivity index (χ3v) is 6.80. The van der Waals surface area contributed by atoms with Crippen LogP contribution in [0.3, 0.4) is 0 Å². The minimum absolute atomic E-state index is 0.0557. The molecule has 1 heterocycles. The highest BCUT2D eigenvalue weighted by Crippen LogP contribution is 2.36. The van der Waals surface area contributed by atoms with Gasteiger partial charge in [0.05, 0.1) is 12.6 Å². The third-order valence-electron chi connectivity index (χ3n) is 6.80. The van der Waals surface area contributed by atoms with E-state index in [0.717, 1.165) is 36.3 Å². The van der Waals surface area contributed by atoms with Crippen molar-refractivity contribution in [1.29, 1.82) is 0 Å². The van der Waals surface area contributed by atoms with Crippen LogP contribution in [0.1, 0.15) is 55.2 Å². The molecule has 1 aliphatic heterocycles. The maximum absolute atomic E-state index is 13.5. The van der Waals surface area contributed by atoms with Gasteiger partial charge in [-0.2, -0.15) is 0 Å². The van der Waals surface area contributed by atoms with E-state index in [2.05, 4.69) is 35.8 Å². The van der Waals surface area contributed by atoms with E-state index >= 15 is 0 Å². The number of piperazine rings is 1. The van der Waals surface area contributed by atoms with Gasteiger partial charge in [0.2, 0.25) is 0 Å². The van der Waals surface area contributed by atoms with E-state index < -0.39 is 0 Å². The van der Waals surface area contributed by atoms with Crippen LogP contribution in [0.25, 0.3) is 0 Å². The summed E-state index contributed by atoms with van der Waals surface area (Å²) in [6.07, 6.45) is 0. The van der Waals surface area contributed by atoms with Crippen molar-refractivity contribution in [1.82, 2.24) is 14.7 Å². The Morgan fingerprint density at radius 2 is 1.82 bits per heavy atom. The van der Waals surface area contributed by atoms with Crippen LogP contribution in [0.4, 0.5) is 0 Å². The quantitative estimate of drug-likeness (QED) is 0.622. The Bertz CT molecular complexity index is 915. The van der Waals surface area contributed by atoms with Gasteiger partial charge in [-0.1, -0.05) is 30.3 Å². The third kappa shape index (κ3) is 5.75. The maximum Gasteiger partial charge on any atom is 0.254 e. The van der Waals surface area contributed by atoms with Crippen LogP contribution in [0.5, 0.6) is 5.75 Å². The topological polar surface area (TPSA) is 56.3 Å². The zero-order valence-electron chi connectivity index (χ0n) is 20.7. The number of rotatable bonds is 9. The molecule has 2 aromatic carbocycles. The molecule has 1 saturated heterocycles. The van der Waals surface area contributed by atoms with Crippen LogP contribution in [0.2, 0.25) is 0 Å². The number of hydrogen-bond acceptors (Lipinski definition) is 5. The first kappa shape index (κ1) is 25.2. The Morgan fingerprint density at radius 3 is 2.48 bits per heavy atom. The lowest BCUT2D eigenvalue weighted by Crippen LogP contribution is -2.57. The molecule has 3 atom stereocenters. The summed E-state index contributed by atoms with van der Waals surface area (Å²) >= 11 is 0. The summed E-state index contributed by atoms with van der Waals surface area (Å²) in [5, 5.41) is 10.3. The molecule has 0 saturated carbocycles. The van der Waals surface area contributed by atoms with Crippen LogP contribution < -0.4 is 0 Å². The number of carbonyl (C=O) groups is 1. The monoisotopic (exact) mass is 453 g/mol. The summed E-state index contributed by atoms with van der Waals surface area (Å²) in [6, 6.07) is 15.9. The van der Waals surface area contributed by atoms with Crippen LogP contribution in [0, 0.1) is 0 Å². The fourth-order valence-corrected chi connectivity index (χ4v) is 4.96. The first-order chi connectivity index (χ1) is 15.9. The largest absolute Gasteiger partial charge is 0.508 e. The first-order valence-corrected chi connectivity index (χ1v) is 12.1. The maximum atomic E-state index is 13.5.